The summed E-state index contributed by atoms with van der Waals surface area (Å²) in [5, 5.41) is 22.7. The van der Waals surface area contributed by atoms with Crippen LogP contribution >= 0.6 is 0 Å². The van der Waals surface area contributed by atoms with Crippen molar-refractivity contribution in [2.45, 2.75) is 25.6 Å². The first-order chi connectivity index (χ1) is 17.1. The molecular formula is C24H22F3N3O6. The normalized spacial score (nSPS) is 16.0. The Kier molecular flexibility index (Phi) is 6.97. The molecule has 4 rings (SSSR count). The van der Waals surface area contributed by atoms with Gasteiger partial charge in [-0.25, -0.2) is 0 Å². The van der Waals surface area contributed by atoms with Crippen LogP contribution < -0.4 is 4.74 Å². The number of nitrogens with zero attached hydrogens (tertiary/aromatic N) is 3. The van der Waals surface area contributed by atoms with Crippen LogP contribution in [0.1, 0.15) is 18.4 Å². The number of hydrogen-bond acceptors (Lipinski definition) is 7. The number of aliphatic carboxylic acids is 2. The molecule has 0 spiro atoms. The first-order valence-corrected chi connectivity index (χ1v) is 11.0. The maximum Gasteiger partial charge on any atom is 0.422 e. The fourth-order valence-electron chi connectivity index (χ4n) is 3.95. The minimum atomic E-state index is -4.42. The highest BCUT2D eigenvalue weighted by atomic mass is 19.4. The molecule has 1 saturated heterocycles. The van der Waals surface area contributed by atoms with Crippen molar-refractivity contribution in [1.29, 1.82) is 0 Å². The summed E-state index contributed by atoms with van der Waals surface area (Å²) in [5.41, 5.74) is 0.435. The lowest BCUT2D eigenvalue weighted by atomic mass is 9.78. The minimum absolute atomic E-state index is 0.0385. The molecule has 190 valence electrons. The largest absolute Gasteiger partial charge is 0.484 e. The number of rotatable bonds is 8. The van der Waals surface area contributed by atoms with Crippen molar-refractivity contribution >= 4 is 11.9 Å². The monoisotopic (exact) mass is 505 g/mol. The predicted molar refractivity (Wildman–Crippen MR) is 119 cm³/mol. The quantitative estimate of drug-likeness (QED) is 0.435. The van der Waals surface area contributed by atoms with Crippen LogP contribution in [-0.2, 0) is 16.1 Å². The molecule has 2 heterocycles. The van der Waals surface area contributed by atoms with E-state index in [-0.39, 0.29) is 24.5 Å². The number of piperidine rings is 1. The molecule has 2 N–H and O–H groups in total. The molecule has 1 fully saturated rings. The molecule has 2 aromatic carbocycles. The third-order valence-corrected chi connectivity index (χ3v) is 6.08. The molecule has 0 bridgehead atoms. The SMILES string of the molecule is O=C(O)C1(C(=O)O)CCN(Cc2ccc(-c3noc(-c4ccc(OCC(F)(F)F)cc4)n3)cc2)CC1. The van der Waals surface area contributed by atoms with Crippen molar-refractivity contribution < 1.29 is 42.2 Å². The van der Waals surface area contributed by atoms with E-state index in [0.717, 1.165) is 5.56 Å². The molecule has 3 aromatic rings. The van der Waals surface area contributed by atoms with Gasteiger partial charge in [-0.1, -0.05) is 29.4 Å². The lowest BCUT2D eigenvalue weighted by Gasteiger charge is -2.36. The Bertz CT molecular complexity index is 1200. The van der Waals surface area contributed by atoms with Crippen LogP contribution in [0.4, 0.5) is 13.2 Å². The molecule has 0 atom stereocenters. The number of carbonyl (C=O) groups is 2. The first-order valence-electron chi connectivity index (χ1n) is 11.0. The van der Waals surface area contributed by atoms with E-state index in [0.29, 0.717) is 36.6 Å². The Balaban J connectivity index is 1.36. The zero-order chi connectivity index (χ0) is 25.9. The molecule has 0 unspecified atom stereocenters. The number of likely N-dealkylation sites (tertiary alicyclic amines) is 1. The highest BCUT2D eigenvalue weighted by Crippen LogP contribution is 2.33. The maximum absolute atomic E-state index is 12.3. The Hall–Kier alpha value is -3.93. The molecule has 1 aliphatic rings. The highest BCUT2D eigenvalue weighted by molar-refractivity contribution is 5.98. The van der Waals surface area contributed by atoms with Crippen LogP contribution in [0.15, 0.2) is 53.1 Å². The Labute approximate surface area is 203 Å². The fourth-order valence-corrected chi connectivity index (χ4v) is 3.95. The van der Waals surface area contributed by atoms with Crippen LogP contribution in [0.5, 0.6) is 5.75 Å². The van der Waals surface area contributed by atoms with Gasteiger partial charge in [-0.3, -0.25) is 14.5 Å². The zero-order valence-corrected chi connectivity index (χ0v) is 18.9. The maximum atomic E-state index is 12.3. The molecule has 36 heavy (non-hydrogen) atoms. The number of halogens is 3. The topological polar surface area (TPSA) is 126 Å². The van der Waals surface area contributed by atoms with Gasteiger partial charge in [0.15, 0.2) is 12.0 Å². The number of ether oxygens (including phenoxy) is 1. The van der Waals surface area contributed by atoms with E-state index in [1.54, 1.807) is 12.1 Å². The average Bonchev–Trinajstić information content (AvgIpc) is 3.34. The second-order valence-electron chi connectivity index (χ2n) is 8.52. The van der Waals surface area contributed by atoms with Gasteiger partial charge in [0.25, 0.3) is 5.89 Å². The molecule has 12 heteroatoms. The van der Waals surface area contributed by atoms with Crippen LogP contribution in [0.3, 0.4) is 0 Å². The Morgan fingerprint density at radius 1 is 0.972 bits per heavy atom. The number of aromatic nitrogens is 2. The van der Waals surface area contributed by atoms with Gasteiger partial charge in [-0.05, 0) is 42.7 Å². The number of carboxylic acid groups (broad SMARTS) is 2. The van der Waals surface area contributed by atoms with Crippen molar-refractivity contribution in [3.8, 4) is 28.6 Å². The molecule has 0 radical (unpaired) electrons. The first kappa shape index (κ1) is 25.2. The predicted octanol–water partition coefficient (Wildman–Crippen LogP) is 4.10. The van der Waals surface area contributed by atoms with Crippen molar-refractivity contribution in [2.75, 3.05) is 19.7 Å². The van der Waals surface area contributed by atoms with Crippen molar-refractivity contribution in [3.63, 3.8) is 0 Å². The van der Waals surface area contributed by atoms with E-state index in [1.165, 1.54) is 24.3 Å². The summed E-state index contributed by atoms with van der Waals surface area (Å²) >= 11 is 0. The zero-order valence-electron chi connectivity index (χ0n) is 18.9. The summed E-state index contributed by atoms with van der Waals surface area (Å²) in [7, 11) is 0. The molecule has 9 nitrogen and oxygen atoms in total. The van der Waals surface area contributed by atoms with Crippen LogP contribution in [0.25, 0.3) is 22.8 Å². The lowest BCUT2D eigenvalue weighted by Crippen LogP contribution is -2.48. The summed E-state index contributed by atoms with van der Waals surface area (Å²) < 4.78 is 46.8. The van der Waals surface area contributed by atoms with E-state index in [4.69, 9.17) is 4.52 Å². The summed E-state index contributed by atoms with van der Waals surface area (Å²) in [4.78, 5) is 29.3. The van der Waals surface area contributed by atoms with E-state index >= 15 is 0 Å². The van der Waals surface area contributed by atoms with Crippen LogP contribution in [-0.4, -0.2) is 63.1 Å². The summed E-state index contributed by atoms with van der Waals surface area (Å²) in [6.07, 6.45) is -4.34. The van der Waals surface area contributed by atoms with Gasteiger partial charge >= 0.3 is 18.1 Å². The van der Waals surface area contributed by atoms with Gasteiger partial charge in [0, 0.05) is 30.8 Å². The Morgan fingerprint density at radius 3 is 2.11 bits per heavy atom. The van der Waals surface area contributed by atoms with Crippen LogP contribution in [0, 0.1) is 5.41 Å². The highest BCUT2D eigenvalue weighted by Gasteiger charge is 2.48. The number of alkyl halides is 3. The average molecular weight is 505 g/mol. The molecule has 0 aliphatic carbocycles. The molecule has 0 saturated carbocycles. The summed E-state index contributed by atoms with van der Waals surface area (Å²) in [6.45, 7) is -0.130. The van der Waals surface area contributed by atoms with Crippen LogP contribution in [0.2, 0.25) is 0 Å². The van der Waals surface area contributed by atoms with E-state index < -0.39 is 30.1 Å². The van der Waals surface area contributed by atoms with Crippen molar-refractivity contribution in [2.24, 2.45) is 5.41 Å². The van der Waals surface area contributed by atoms with Gasteiger partial charge in [0.1, 0.15) is 5.75 Å². The van der Waals surface area contributed by atoms with E-state index in [2.05, 4.69) is 14.9 Å². The number of hydrogen-bond donors (Lipinski definition) is 2. The standard InChI is InChI=1S/C24H22F3N3O6/c25-24(26,27)14-35-18-7-5-17(6-8-18)20-28-19(29-36-20)16-3-1-15(2-4-16)13-30-11-9-23(10-12-30,21(31)32)22(33)34/h1-8H,9-14H2,(H,31,32)(H,33,34). The minimum Gasteiger partial charge on any atom is -0.484 e. The van der Waals surface area contributed by atoms with Gasteiger partial charge in [-0.2, -0.15) is 18.2 Å². The second kappa shape index (κ2) is 9.97. The van der Waals surface area contributed by atoms with Crippen molar-refractivity contribution in [1.82, 2.24) is 15.0 Å². The lowest BCUT2D eigenvalue weighted by molar-refractivity contribution is -0.168. The van der Waals surface area contributed by atoms with Gasteiger partial charge < -0.3 is 19.5 Å². The van der Waals surface area contributed by atoms with Gasteiger partial charge in [0.2, 0.25) is 5.82 Å². The number of benzene rings is 2. The van der Waals surface area contributed by atoms with E-state index in [9.17, 15) is 33.0 Å². The van der Waals surface area contributed by atoms with Gasteiger partial charge in [0.05, 0.1) is 0 Å². The summed E-state index contributed by atoms with van der Waals surface area (Å²) in [5.74, 6) is -2.00. The second-order valence-corrected chi connectivity index (χ2v) is 8.52. The smallest absolute Gasteiger partial charge is 0.422 e. The molecular weight excluding hydrogens is 483 g/mol. The number of carboxylic acids is 2. The Morgan fingerprint density at radius 2 is 1.56 bits per heavy atom. The van der Waals surface area contributed by atoms with Gasteiger partial charge in [-0.15, -0.1) is 0 Å². The molecule has 1 aromatic heterocycles. The molecule has 0 amide bonds. The van der Waals surface area contributed by atoms with E-state index in [1.807, 2.05) is 17.0 Å². The fraction of sp³-hybridized carbons (Fsp3) is 0.333. The molecule has 1 aliphatic heterocycles. The third-order valence-electron chi connectivity index (χ3n) is 6.08. The summed E-state index contributed by atoms with van der Waals surface area (Å²) in [6, 6.07) is 13.2. The van der Waals surface area contributed by atoms with Crippen molar-refractivity contribution in [3.05, 3.63) is 54.1 Å². The third kappa shape index (κ3) is 5.65.